The highest BCUT2D eigenvalue weighted by Crippen LogP contribution is 2.04. The van der Waals surface area contributed by atoms with Crippen LogP contribution in [-0.2, 0) is 0 Å². The second-order valence-corrected chi connectivity index (χ2v) is 8.69. The summed E-state index contributed by atoms with van der Waals surface area (Å²) in [6.45, 7) is 6.37. The van der Waals surface area contributed by atoms with Gasteiger partial charge in [-0.05, 0) is 5.19 Å². The van der Waals surface area contributed by atoms with Crippen LogP contribution < -0.4 is 5.19 Å². The van der Waals surface area contributed by atoms with Gasteiger partial charge in [-0.1, -0.05) is 37.8 Å². The Bertz CT molecular complexity index is 250. The first-order chi connectivity index (χ1) is 5.02. The molecule has 0 atom stereocenters. The van der Waals surface area contributed by atoms with E-state index in [-0.39, 0.29) is 5.82 Å². The number of hydrogen-bond acceptors (Lipinski definition) is 0. The number of rotatable bonds is 1. The monoisotopic (exact) mass is 167 g/mol. The molecule has 0 aliphatic carbocycles. The Morgan fingerprint density at radius 3 is 2.36 bits per heavy atom. The third kappa shape index (κ3) is 1.90. The molecule has 0 amide bonds. The normalized spacial score (nSPS) is 11.6. The minimum absolute atomic E-state index is 0.174. The topological polar surface area (TPSA) is 0 Å². The molecule has 0 heterocycles. The summed E-state index contributed by atoms with van der Waals surface area (Å²) in [7, 11) is -1.48. The van der Waals surface area contributed by atoms with Crippen molar-refractivity contribution in [2.45, 2.75) is 19.6 Å². The average molecular weight is 167 g/mol. The third-order valence-electron chi connectivity index (χ3n) is 1.61. The summed E-state index contributed by atoms with van der Waals surface area (Å²) in [6, 6.07) is 7.89. The first-order valence-corrected chi connectivity index (χ1v) is 7.18. The minimum Gasteiger partial charge on any atom is -0.206 e. The van der Waals surface area contributed by atoms with E-state index in [9.17, 15) is 4.39 Å². The van der Waals surface area contributed by atoms with E-state index in [0.717, 1.165) is 5.19 Å². The van der Waals surface area contributed by atoms with E-state index in [1.54, 1.807) is 6.07 Å². The van der Waals surface area contributed by atoms with Gasteiger partial charge in [0.1, 0.15) is 5.82 Å². The van der Waals surface area contributed by atoms with Crippen molar-refractivity contribution in [3.05, 3.63) is 30.1 Å². The van der Waals surface area contributed by atoms with E-state index < -0.39 is 8.07 Å². The molecule has 0 aliphatic rings. The summed E-state index contributed by atoms with van der Waals surface area (Å²) in [5, 5.41) is 0.861. The van der Waals surface area contributed by atoms with Crippen molar-refractivity contribution in [3.63, 3.8) is 0 Å². The van der Waals surface area contributed by atoms with Gasteiger partial charge in [0.15, 0.2) is 0 Å². The number of benzene rings is 1. The van der Waals surface area contributed by atoms with E-state index in [2.05, 4.69) is 25.7 Å². The minimum atomic E-state index is -1.48. The van der Waals surface area contributed by atoms with Crippen molar-refractivity contribution < 1.29 is 4.39 Å². The summed E-state index contributed by atoms with van der Waals surface area (Å²) in [5.74, 6) is -0.174. The average Bonchev–Trinajstić information content (AvgIpc) is 1.86. The van der Waals surface area contributed by atoms with E-state index >= 15 is 0 Å². The van der Waals surface area contributed by atoms with Crippen LogP contribution in [0.25, 0.3) is 0 Å². The number of halogens is 1. The van der Waals surface area contributed by atoms with E-state index in [1.165, 1.54) is 0 Å². The summed E-state index contributed by atoms with van der Waals surface area (Å²) in [6.07, 6.45) is 0. The van der Waals surface area contributed by atoms with Gasteiger partial charge < -0.3 is 0 Å². The highest BCUT2D eigenvalue weighted by atomic mass is 28.3. The fraction of sp³-hybridized carbons (Fsp3) is 0.333. The van der Waals surface area contributed by atoms with Crippen LogP contribution in [0.4, 0.5) is 4.39 Å². The lowest BCUT2D eigenvalue weighted by Gasteiger charge is -2.16. The maximum atomic E-state index is 13.1. The molecule has 2 heteroatoms. The zero-order valence-corrected chi connectivity index (χ0v) is 8.11. The summed E-state index contributed by atoms with van der Waals surface area (Å²) >= 11 is 0. The fourth-order valence-electron chi connectivity index (χ4n) is 0.996. The molecular weight excluding hydrogens is 155 g/mol. The summed E-state index contributed by atoms with van der Waals surface area (Å²) in [4.78, 5) is 0. The SMILES string of the molecule is C[Si](C)(C)c1ccc[c]c1F. The van der Waals surface area contributed by atoms with Crippen LogP contribution in [-0.4, -0.2) is 8.07 Å². The largest absolute Gasteiger partial charge is 0.206 e. The molecule has 0 unspecified atom stereocenters. The number of hydrogen-bond donors (Lipinski definition) is 0. The molecule has 0 bridgehead atoms. The van der Waals surface area contributed by atoms with Crippen LogP contribution in [0.1, 0.15) is 0 Å². The predicted octanol–water partition coefficient (Wildman–Crippen LogP) is 2.17. The van der Waals surface area contributed by atoms with Gasteiger partial charge in [0.2, 0.25) is 0 Å². The Labute approximate surface area is 68.1 Å². The second-order valence-electron chi connectivity index (χ2n) is 3.65. The molecule has 0 fully saturated rings. The van der Waals surface area contributed by atoms with E-state index in [0.29, 0.717) is 0 Å². The Hall–Kier alpha value is -0.633. The summed E-state index contributed by atoms with van der Waals surface area (Å²) in [5.41, 5.74) is 0. The lowest BCUT2D eigenvalue weighted by atomic mass is 10.3. The Balaban J connectivity index is 3.14. The smallest absolute Gasteiger partial charge is 0.130 e. The van der Waals surface area contributed by atoms with Crippen molar-refractivity contribution in [1.82, 2.24) is 0 Å². The van der Waals surface area contributed by atoms with Crippen LogP contribution in [0.2, 0.25) is 19.6 Å². The Morgan fingerprint density at radius 1 is 1.36 bits per heavy atom. The molecule has 1 radical (unpaired) electrons. The zero-order valence-electron chi connectivity index (χ0n) is 7.11. The molecule has 0 saturated carbocycles. The van der Waals surface area contributed by atoms with Gasteiger partial charge in [-0.25, -0.2) is 4.39 Å². The molecule has 11 heavy (non-hydrogen) atoms. The maximum Gasteiger partial charge on any atom is 0.130 e. The Morgan fingerprint density at radius 2 is 2.00 bits per heavy atom. The molecule has 0 saturated heterocycles. The first-order valence-electron chi connectivity index (χ1n) is 3.68. The molecule has 59 valence electrons. The van der Waals surface area contributed by atoms with Crippen molar-refractivity contribution in [2.75, 3.05) is 0 Å². The second kappa shape index (κ2) is 2.78. The highest BCUT2D eigenvalue weighted by molar-refractivity contribution is 6.88. The van der Waals surface area contributed by atoms with Gasteiger partial charge in [-0.3, -0.25) is 0 Å². The van der Waals surface area contributed by atoms with Crippen LogP contribution in [0.15, 0.2) is 18.2 Å². The van der Waals surface area contributed by atoms with Gasteiger partial charge in [-0.15, -0.1) is 0 Å². The third-order valence-corrected chi connectivity index (χ3v) is 3.62. The first kappa shape index (κ1) is 8.46. The van der Waals surface area contributed by atoms with Crippen LogP contribution in [0, 0.1) is 11.9 Å². The van der Waals surface area contributed by atoms with E-state index in [4.69, 9.17) is 0 Å². The maximum absolute atomic E-state index is 13.1. The van der Waals surface area contributed by atoms with Crippen LogP contribution in [0.5, 0.6) is 0 Å². The van der Waals surface area contributed by atoms with Gasteiger partial charge in [0.25, 0.3) is 0 Å². The molecule has 0 aromatic heterocycles. The molecular formula is C9H12FSi. The summed E-state index contributed by atoms with van der Waals surface area (Å²) < 4.78 is 13.1. The van der Waals surface area contributed by atoms with Crippen molar-refractivity contribution >= 4 is 13.3 Å². The van der Waals surface area contributed by atoms with Crippen LogP contribution >= 0.6 is 0 Å². The van der Waals surface area contributed by atoms with E-state index in [1.807, 2.05) is 12.1 Å². The standard InChI is InChI=1S/C9H12FSi/c1-11(2,3)9-7-5-4-6-8(9)10/h4-5,7H,1-3H3. The molecule has 0 nitrogen and oxygen atoms in total. The van der Waals surface area contributed by atoms with Crippen LogP contribution in [0.3, 0.4) is 0 Å². The molecule has 0 aliphatic heterocycles. The lowest BCUT2D eigenvalue weighted by Crippen LogP contribution is -2.39. The van der Waals surface area contributed by atoms with Crippen molar-refractivity contribution in [3.8, 4) is 0 Å². The highest BCUT2D eigenvalue weighted by Gasteiger charge is 2.19. The molecule has 0 N–H and O–H groups in total. The van der Waals surface area contributed by atoms with Gasteiger partial charge in [-0.2, -0.15) is 0 Å². The van der Waals surface area contributed by atoms with Gasteiger partial charge in [0, 0.05) is 6.07 Å². The van der Waals surface area contributed by atoms with Gasteiger partial charge >= 0.3 is 0 Å². The van der Waals surface area contributed by atoms with Gasteiger partial charge in [0.05, 0.1) is 8.07 Å². The Kier molecular flexibility index (Phi) is 2.14. The molecule has 1 rings (SSSR count). The van der Waals surface area contributed by atoms with Crippen molar-refractivity contribution in [1.29, 1.82) is 0 Å². The molecule has 1 aromatic rings. The lowest BCUT2D eigenvalue weighted by molar-refractivity contribution is 0.633. The zero-order chi connectivity index (χ0) is 8.48. The molecule has 0 spiro atoms. The van der Waals surface area contributed by atoms with Crippen molar-refractivity contribution in [2.24, 2.45) is 0 Å². The predicted molar refractivity (Wildman–Crippen MR) is 48.2 cm³/mol. The molecule has 1 aromatic carbocycles. The fourth-order valence-corrected chi connectivity index (χ4v) is 2.32. The quantitative estimate of drug-likeness (QED) is 0.562.